The molecule has 1 saturated heterocycles. The summed E-state index contributed by atoms with van der Waals surface area (Å²) in [6.45, 7) is 1.60. The Morgan fingerprint density at radius 3 is 2.90 bits per heavy atom. The second-order valence-electron chi connectivity index (χ2n) is 4.65. The highest BCUT2D eigenvalue weighted by Crippen LogP contribution is 2.26. The Bertz CT molecular complexity index is 462. The Morgan fingerprint density at radius 2 is 2.20 bits per heavy atom. The van der Waals surface area contributed by atoms with Crippen LogP contribution in [0.15, 0.2) is 18.2 Å². The van der Waals surface area contributed by atoms with E-state index in [0.29, 0.717) is 29.7 Å². The molecule has 0 unspecified atom stereocenters. The average molecular weight is 299 g/mol. The van der Waals surface area contributed by atoms with Crippen LogP contribution in [0.3, 0.4) is 0 Å². The van der Waals surface area contributed by atoms with E-state index < -0.39 is 0 Å². The molecule has 0 bridgehead atoms. The summed E-state index contributed by atoms with van der Waals surface area (Å²) >= 11 is 6.06. The third-order valence-corrected chi connectivity index (χ3v) is 3.53. The molecule has 0 aliphatic carbocycles. The number of nitrogens with one attached hydrogen (secondary N) is 2. The van der Waals surface area contributed by atoms with E-state index in [1.54, 1.807) is 25.3 Å². The van der Waals surface area contributed by atoms with Gasteiger partial charge in [0.1, 0.15) is 5.75 Å². The molecule has 6 heteroatoms. The molecule has 2 rings (SSSR count). The zero-order valence-electron chi connectivity index (χ0n) is 11.4. The first kappa shape index (κ1) is 14.9. The Morgan fingerprint density at radius 1 is 1.45 bits per heavy atom. The van der Waals surface area contributed by atoms with Crippen molar-refractivity contribution in [3.63, 3.8) is 0 Å². The molecule has 1 aliphatic rings. The van der Waals surface area contributed by atoms with Crippen molar-refractivity contribution in [1.29, 1.82) is 0 Å². The molecule has 5 nitrogen and oxygen atoms in total. The first-order valence-corrected chi connectivity index (χ1v) is 7.01. The number of amides is 1. The van der Waals surface area contributed by atoms with Crippen molar-refractivity contribution in [2.75, 3.05) is 32.2 Å². The van der Waals surface area contributed by atoms with Crippen molar-refractivity contribution in [2.24, 2.45) is 0 Å². The minimum atomic E-state index is -0.0456. The summed E-state index contributed by atoms with van der Waals surface area (Å²) in [6, 6.07) is 5.48. The Kier molecular flexibility index (Phi) is 5.49. The lowest BCUT2D eigenvalue weighted by Gasteiger charge is -2.23. The zero-order valence-corrected chi connectivity index (χ0v) is 12.2. The molecule has 1 aromatic carbocycles. The van der Waals surface area contributed by atoms with Crippen LogP contribution in [0.4, 0.5) is 5.69 Å². The molecule has 0 atom stereocenters. The van der Waals surface area contributed by atoms with Crippen molar-refractivity contribution in [1.82, 2.24) is 5.32 Å². The van der Waals surface area contributed by atoms with Gasteiger partial charge in [0.05, 0.1) is 24.4 Å². The lowest BCUT2D eigenvalue weighted by Crippen LogP contribution is -2.41. The number of ether oxygens (including phenoxy) is 2. The molecule has 0 spiro atoms. The lowest BCUT2D eigenvalue weighted by atomic mass is 10.1. The molecular weight excluding hydrogens is 280 g/mol. The van der Waals surface area contributed by atoms with Crippen LogP contribution in [0.2, 0.25) is 5.02 Å². The van der Waals surface area contributed by atoms with Gasteiger partial charge in [0.2, 0.25) is 5.91 Å². The molecule has 0 saturated carbocycles. The van der Waals surface area contributed by atoms with Crippen molar-refractivity contribution in [2.45, 2.75) is 18.9 Å². The van der Waals surface area contributed by atoms with Gasteiger partial charge in [0.15, 0.2) is 0 Å². The SMILES string of the molecule is COc1ccc(Cl)c(NCC(=O)NC2CCOCC2)c1. The van der Waals surface area contributed by atoms with Gasteiger partial charge in [-0.2, -0.15) is 0 Å². The minimum absolute atomic E-state index is 0.0456. The maximum absolute atomic E-state index is 11.9. The van der Waals surface area contributed by atoms with Gasteiger partial charge in [-0.1, -0.05) is 11.6 Å². The fraction of sp³-hybridized carbons (Fsp3) is 0.500. The van der Waals surface area contributed by atoms with E-state index in [4.69, 9.17) is 21.1 Å². The quantitative estimate of drug-likeness (QED) is 0.873. The van der Waals surface area contributed by atoms with Crippen LogP contribution in [0.5, 0.6) is 5.75 Å². The Labute approximate surface area is 123 Å². The average Bonchev–Trinajstić information content (AvgIpc) is 2.47. The maximum atomic E-state index is 11.9. The number of carbonyl (C=O) groups excluding carboxylic acids is 1. The number of rotatable bonds is 5. The van der Waals surface area contributed by atoms with Crippen molar-refractivity contribution >= 4 is 23.2 Å². The van der Waals surface area contributed by atoms with Gasteiger partial charge >= 0.3 is 0 Å². The van der Waals surface area contributed by atoms with E-state index in [2.05, 4.69) is 10.6 Å². The molecule has 1 aromatic rings. The Hall–Kier alpha value is -1.46. The highest BCUT2D eigenvalue weighted by Gasteiger charge is 2.15. The van der Waals surface area contributed by atoms with Crippen LogP contribution in [-0.2, 0) is 9.53 Å². The predicted octanol–water partition coefficient (Wildman–Crippen LogP) is 2.06. The summed E-state index contributed by atoms with van der Waals surface area (Å²) in [6.07, 6.45) is 1.73. The van der Waals surface area contributed by atoms with Gasteiger partial charge in [-0.3, -0.25) is 4.79 Å². The van der Waals surface area contributed by atoms with E-state index in [1.807, 2.05) is 0 Å². The van der Waals surface area contributed by atoms with Crippen LogP contribution < -0.4 is 15.4 Å². The molecule has 0 radical (unpaired) electrons. The van der Waals surface area contributed by atoms with E-state index in [1.165, 1.54) is 0 Å². The van der Waals surface area contributed by atoms with Crippen LogP contribution in [-0.4, -0.2) is 38.8 Å². The van der Waals surface area contributed by atoms with E-state index in [-0.39, 0.29) is 18.5 Å². The van der Waals surface area contributed by atoms with Gasteiger partial charge in [-0.25, -0.2) is 0 Å². The Balaban J connectivity index is 1.83. The number of halogens is 1. The minimum Gasteiger partial charge on any atom is -0.497 e. The third kappa shape index (κ3) is 4.28. The number of hydrogen-bond acceptors (Lipinski definition) is 4. The standard InChI is InChI=1S/C14H19ClN2O3/c1-19-11-2-3-12(15)13(8-11)16-9-14(18)17-10-4-6-20-7-5-10/h2-3,8,10,16H,4-7,9H2,1H3,(H,17,18). The summed E-state index contributed by atoms with van der Waals surface area (Å²) < 4.78 is 10.4. The highest BCUT2D eigenvalue weighted by atomic mass is 35.5. The lowest BCUT2D eigenvalue weighted by molar-refractivity contribution is -0.120. The summed E-state index contributed by atoms with van der Waals surface area (Å²) in [7, 11) is 1.59. The smallest absolute Gasteiger partial charge is 0.239 e. The molecule has 0 aromatic heterocycles. The second kappa shape index (κ2) is 7.36. The number of carbonyl (C=O) groups is 1. The number of methoxy groups -OCH3 is 1. The topological polar surface area (TPSA) is 59.6 Å². The first-order chi connectivity index (χ1) is 9.69. The fourth-order valence-electron chi connectivity index (χ4n) is 2.06. The summed E-state index contributed by atoms with van der Waals surface area (Å²) in [5.41, 5.74) is 0.688. The van der Waals surface area contributed by atoms with Crippen LogP contribution in [0, 0.1) is 0 Å². The first-order valence-electron chi connectivity index (χ1n) is 6.63. The molecule has 20 heavy (non-hydrogen) atoms. The normalized spacial score (nSPS) is 15.7. The van der Waals surface area contributed by atoms with Gasteiger partial charge in [0, 0.05) is 25.3 Å². The molecule has 1 amide bonds. The van der Waals surface area contributed by atoms with E-state index in [0.717, 1.165) is 12.8 Å². The van der Waals surface area contributed by atoms with Gasteiger partial charge in [-0.15, -0.1) is 0 Å². The summed E-state index contributed by atoms with van der Waals surface area (Å²) in [5.74, 6) is 0.650. The van der Waals surface area contributed by atoms with Crippen LogP contribution >= 0.6 is 11.6 Å². The molecule has 2 N–H and O–H groups in total. The van der Waals surface area contributed by atoms with Crippen molar-refractivity contribution in [3.05, 3.63) is 23.2 Å². The van der Waals surface area contributed by atoms with E-state index in [9.17, 15) is 4.79 Å². The molecular formula is C14H19ClN2O3. The fourth-order valence-corrected chi connectivity index (χ4v) is 2.25. The third-order valence-electron chi connectivity index (χ3n) is 3.20. The summed E-state index contributed by atoms with van der Waals surface area (Å²) in [4.78, 5) is 11.9. The van der Waals surface area contributed by atoms with Gasteiger partial charge in [0.25, 0.3) is 0 Å². The van der Waals surface area contributed by atoms with Crippen molar-refractivity contribution < 1.29 is 14.3 Å². The van der Waals surface area contributed by atoms with Crippen molar-refractivity contribution in [3.8, 4) is 5.75 Å². The molecule has 1 aliphatic heterocycles. The monoisotopic (exact) mass is 298 g/mol. The predicted molar refractivity (Wildman–Crippen MR) is 78.5 cm³/mol. The number of anilines is 1. The molecule has 1 fully saturated rings. The zero-order chi connectivity index (χ0) is 14.4. The maximum Gasteiger partial charge on any atom is 0.239 e. The van der Waals surface area contributed by atoms with Crippen LogP contribution in [0.25, 0.3) is 0 Å². The van der Waals surface area contributed by atoms with Crippen LogP contribution in [0.1, 0.15) is 12.8 Å². The summed E-state index contributed by atoms with van der Waals surface area (Å²) in [5, 5.41) is 6.56. The van der Waals surface area contributed by atoms with E-state index >= 15 is 0 Å². The van der Waals surface area contributed by atoms with Gasteiger partial charge in [-0.05, 0) is 25.0 Å². The van der Waals surface area contributed by atoms with Gasteiger partial charge < -0.3 is 20.1 Å². The number of hydrogen-bond donors (Lipinski definition) is 2. The highest BCUT2D eigenvalue weighted by molar-refractivity contribution is 6.33. The number of benzene rings is 1. The molecule has 110 valence electrons. The second-order valence-corrected chi connectivity index (χ2v) is 5.06. The largest absolute Gasteiger partial charge is 0.497 e. The molecule has 1 heterocycles.